The maximum atomic E-state index is 11.3. The number of aromatic nitrogens is 4. The van der Waals surface area contributed by atoms with Crippen molar-refractivity contribution in [2.75, 3.05) is 23.8 Å². The molecule has 0 radical (unpaired) electrons. The van der Waals surface area contributed by atoms with Crippen molar-refractivity contribution in [1.29, 1.82) is 0 Å². The van der Waals surface area contributed by atoms with Crippen LogP contribution in [0.1, 0.15) is 10.4 Å². The average molecular weight is 277 g/mol. The maximum absolute atomic E-state index is 11.3. The Kier molecular flexibility index (Phi) is 4.11. The minimum atomic E-state index is -0.640. The van der Waals surface area contributed by atoms with Gasteiger partial charge in [0.15, 0.2) is 0 Å². The fourth-order valence-corrected chi connectivity index (χ4v) is 1.55. The van der Waals surface area contributed by atoms with Crippen molar-refractivity contribution in [3.8, 4) is 0 Å². The number of carbonyl (C=O) groups is 1. The maximum Gasteiger partial charge on any atom is 0.254 e. The van der Waals surface area contributed by atoms with E-state index >= 15 is 0 Å². The first kappa shape index (κ1) is 13.7. The van der Waals surface area contributed by atoms with E-state index in [1.165, 1.54) is 6.20 Å². The summed E-state index contributed by atoms with van der Waals surface area (Å²) >= 11 is 0. The second-order valence-corrected chi connectivity index (χ2v) is 4.00. The highest BCUT2D eigenvalue weighted by Gasteiger charge is 2.12. The highest BCUT2D eigenvalue weighted by molar-refractivity contribution is 5.97. The van der Waals surface area contributed by atoms with Gasteiger partial charge in [-0.3, -0.25) is 9.48 Å². The number of rotatable bonds is 6. The van der Waals surface area contributed by atoms with E-state index in [0.717, 1.165) is 0 Å². The minimum Gasteiger partial charge on any atom is -0.395 e. The van der Waals surface area contributed by atoms with E-state index in [9.17, 15) is 4.79 Å². The molecule has 0 unspecified atom stereocenters. The third-order valence-electron chi connectivity index (χ3n) is 2.42. The van der Waals surface area contributed by atoms with Crippen LogP contribution in [0.15, 0.2) is 18.6 Å². The first-order valence-electron chi connectivity index (χ1n) is 5.87. The Labute approximate surface area is 114 Å². The Bertz CT molecular complexity index is 611. The average Bonchev–Trinajstić information content (AvgIpc) is 2.81. The van der Waals surface area contributed by atoms with Crippen molar-refractivity contribution < 1.29 is 9.90 Å². The Morgan fingerprint density at radius 2 is 2.30 bits per heavy atom. The summed E-state index contributed by atoms with van der Waals surface area (Å²) in [7, 11) is 1.79. The molecule has 2 rings (SSSR count). The summed E-state index contributed by atoms with van der Waals surface area (Å²) in [5.74, 6) is -0.0743. The van der Waals surface area contributed by atoms with E-state index in [1.54, 1.807) is 24.1 Å². The Balaban J connectivity index is 2.24. The van der Waals surface area contributed by atoms with Crippen molar-refractivity contribution in [3.63, 3.8) is 0 Å². The zero-order valence-corrected chi connectivity index (χ0v) is 10.9. The number of primary amides is 1. The Morgan fingerprint density at radius 1 is 1.50 bits per heavy atom. The van der Waals surface area contributed by atoms with E-state index < -0.39 is 5.91 Å². The number of carbonyl (C=O) groups excluding carboxylic acids is 1. The predicted octanol–water partition coefficient (Wildman–Crippen LogP) is -0.543. The van der Waals surface area contributed by atoms with Crippen LogP contribution < -0.4 is 16.4 Å². The lowest BCUT2D eigenvalue weighted by Gasteiger charge is -2.09. The SMILES string of the molecule is Cn1cc(Nc2ncc(C(N)=O)c(NCCO)n2)cn1. The number of nitrogens with zero attached hydrogens (tertiary/aromatic N) is 4. The van der Waals surface area contributed by atoms with Gasteiger partial charge in [0.25, 0.3) is 5.91 Å². The monoisotopic (exact) mass is 277 g/mol. The molecule has 2 aromatic rings. The van der Waals surface area contributed by atoms with Crippen LogP contribution in [0.3, 0.4) is 0 Å². The summed E-state index contributed by atoms with van der Waals surface area (Å²) < 4.78 is 1.63. The number of amides is 1. The molecule has 0 fully saturated rings. The van der Waals surface area contributed by atoms with Crippen LogP contribution in [0.2, 0.25) is 0 Å². The van der Waals surface area contributed by atoms with Gasteiger partial charge in [0.2, 0.25) is 5.95 Å². The van der Waals surface area contributed by atoms with Gasteiger partial charge in [-0.2, -0.15) is 10.1 Å². The van der Waals surface area contributed by atoms with Crippen LogP contribution in [0.25, 0.3) is 0 Å². The molecule has 0 aromatic carbocycles. The number of aliphatic hydroxyl groups is 1. The summed E-state index contributed by atoms with van der Waals surface area (Å²) in [5, 5.41) is 18.6. The van der Waals surface area contributed by atoms with Gasteiger partial charge < -0.3 is 21.5 Å². The summed E-state index contributed by atoms with van der Waals surface area (Å²) in [6.07, 6.45) is 4.70. The van der Waals surface area contributed by atoms with Gasteiger partial charge in [-0.1, -0.05) is 0 Å². The third kappa shape index (κ3) is 3.20. The van der Waals surface area contributed by atoms with Crippen LogP contribution in [0.4, 0.5) is 17.5 Å². The molecule has 9 nitrogen and oxygen atoms in total. The summed E-state index contributed by atoms with van der Waals surface area (Å²) in [6, 6.07) is 0. The molecule has 0 aliphatic heterocycles. The lowest BCUT2D eigenvalue weighted by atomic mass is 10.3. The van der Waals surface area contributed by atoms with E-state index in [-0.39, 0.29) is 24.5 Å². The standard InChI is InChI=1S/C11H15N7O2/c1-18-6-7(4-15-18)16-11-14-5-8(9(12)20)10(17-11)13-2-3-19/h4-6,19H,2-3H2,1H3,(H2,12,20)(H2,13,14,16,17). The molecule has 0 bridgehead atoms. The van der Waals surface area contributed by atoms with Crippen LogP contribution in [-0.4, -0.2) is 43.9 Å². The number of anilines is 3. The summed E-state index contributed by atoms with van der Waals surface area (Å²) in [5.41, 5.74) is 6.11. The van der Waals surface area contributed by atoms with E-state index in [1.807, 2.05) is 0 Å². The van der Waals surface area contributed by atoms with Gasteiger partial charge >= 0.3 is 0 Å². The second kappa shape index (κ2) is 5.97. The Morgan fingerprint density at radius 3 is 2.90 bits per heavy atom. The molecule has 106 valence electrons. The highest BCUT2D eigenvalue weighted by Crippen LogP contribution is 2.16. The van der Waals surface area contributed by atoms with Gasteiger partial charge in [0.05, 0.1) is 24.1 Å². The predicted molar refractivity (Wildman–Crippen MR) is 72.6 cm³/mol. The second-order valence-electron chi connectivity index (χ2n) is 4.00. The molecule has 0 atom stereocenters. The van der Waals surface area contributed by atoms with Crippen LogP contribution in [0, 0.1) is 0 Å². The zero-order valence-electron chi connectivity index (χ0n) is 10.9. The molecule has 5 N–H and O–H groups in total. The van der Waals surface area contributed by atoms with Crippen molar-refractivity contribution in [2.45, 2.75) is 0 Å². The molecular weight excluding hydrogens is 262 g/mol. The fraction of sp³-hybridized carbons (Fsp3) is 0.273. The molecule has 2 aromatic heterocycles. The molecule has 0 aliphatic rings. The van der Waals surface area contributed by atoms with Crippen molar-refractivity contribution in [1.82, 2.24) is 19.7 Å². The number of nitrogens with two attached hydrogens (primary N) is 1. The molecule has 2 heterocycles. The molecule has 0 spiro atoms. The molecule has 0 aliphatic carbocycles. The van der Waals surface area contributed by atoms with E-state index in [0.29, 0.717) is 11.6 Å². The smallest absolute Gasteiger partial charge is 0.254 e. The van der Waals surface area contributed by atoms with Crippen LogP contribution >= 0.6 is 0 Å². The lowest BCUT2D eigenvalue weighted by Crippen LogP contribution is -2.18. The minimum absolute atomic E-state index is 0.0897. The van der Waals surface area contributed by atoms with E-state index in [2.05, 4.69) is 25.7 Å². The summed E-state index contributed by atoms with van der Waals surface area (Å²) in [6.45, 7) is 0.164. The number of aliphatic hydroxyl groups excluding tert-OH is 1. The van der Waals surface area contributed by atoms with Gasteiger partial charge in [-0.15, -0.1) is 0 Å². The van der Waals surface area contributed by atoms with Crippen molar-refractivity contribution in [2.24, 2.45) is 12.8 Å². The molecule has 0 saturated carbocycles. The first-order chi connectivity index (χ1) is 9.60. The van der Waals surface area contributed by atoms with Crippen molar-refractivity contribution >= 4 is 23.4 Å². The number of nitrogens with one attached hydrogen (secondary N) is 2. The normalized spacial score (nSPS) is 10.3. The van der Waals surface area contributed by atoms with Crippen LogP contribution in [0.5, 0.6) is 0 Å². The topological polar surface area (TPSA) is 131 Å². The molecule has 9 heteroatoms. The Hall–Kier alpha value is -2.68. The number of hydrogen-bond acceptors (Lipinski definition) is 7. The molecular formula is C11H15N7O2. The van der Waals surface area contributed by atoms with Crippen LogP contribution in [-0.2, 0) is 7.05 Å². The number of aryl methyl sites for hydroxylation is 1. The lowest BCUT2D eigenvalue weighted by molar-refractivity contribution is 0.100. The molecule has 20 heavy (non-hydrogen) atoms. The molecule has 0 saturated heterocycles. The van der Waals surface area contributed by atoms with Crippen molar-refractivity contribution in [3.05, 3.63) is 24.2 Å². The number of hydrogen-bond donors (Lipinski definition) is 4. The molecule has 1 amide bonds. The zero-order chi connectivity index (χ0) is 14.5. The largest absolute Gasteiger partial charge is 0.395 e. The third-order valence-corrected chi connectivity index (χ3v) is 2.42. The first-order valence-corrected chi connectivity index (χ1v) is 5.87. The highest BCUT2D eigenvalue weighted by atomic mass is 16.3. The van der Waals surface area contributed by atoms with Gasteiger partial charge in [-0.05, 0) is 0 Å². The quantitative estimate of drug-likeness (QED) is 0.557. The summed E-state index contributed by atoms with van der Waals surface area (Å²) in [4.78, 5) is 19.4. The fourth-order valence-electron chi connectivity index (χ4n) is 1.55. The van der Waals surface area contributed by atoms with Gasteiger partial charge in [0.1, 0.15) is 5.82 Å². The van der Waals surface area contributed by atoms with Gasteiger partial charge in [0, 0.05) is 26.0 Å². The van der Waals surface area contributed by atoms with Gasteiger partial charge in [-0.25, -0.2) is 4.98 Å². The van der Waals surface area contributed by atoms with E-state index in [4.69, 9.17) is 10.8 Å².